The van der Waals surface area contributed by atoms with Crippen LogP contribution >= 0.6 is 11.6 Å². The average molecular weight is 257 g/mol. The molecule has 0 spiro atoms. The van der Waals surface area contributed by atoms with Crippen molar-refractivity contribution in [2.24, 2.45) is 0 Å². The van der Waals surface area contributed by atoms with Gasteiger partial charge in [-0.15, -0.1) is 11.6 Å². The van der Waals surface area contributed by atoms with Gasteiger partial charge in [0.25, 0.3) is 0 Å². The van der Waals surface area contributed by atoms with E-state index in [0.29, 0.717) is 5.69 Å². The summed E-state index contributed by atoms with van der Waals surface area (Å²) in [5, 5.41) is 0. The molecule has 2 rings (SSSR count). The van der Waals surface area contributed by atoms with Gasteiger partial charge in [-0.2, -0.15) is 0 Å². The van der Waals surface area contributed by atoms with Crippen molar-refractivity contribution < 1.29 is 13.5 Å². The number of nitrogens with zero attached hydrogens (tertiary/aromatic N) is 2. The van der Waals surface area contributed by atoms with Crippen molar-refractivity contribution in [3.8, 4) is 11.6 Å². The van der Waals surface area contributed by atoms with Crippen molar-refractivity contribution in [2.75, 3.05) is 0 Å². The zero-order chi connectivity index (χ0) is 12.3. The summed E-state index contributed by atoms with van der Waals surface area (Å²) in [5.74, 6) is -1.33. The van der Waals surface area contributed by atoms with Crippen LogP contribution in [0, 0.1) is 11.6 Å². The number of halogens is 3. The van der Waals surface area contributed by atoms with Gasteiger partial charge in [-0.1, -0.05) is 0 Å². The van der Waals surface area contributed by atoms with Gasteiger partial charge in [0, 0.05) is 6.07 Å². The fourth-order valence-electron chi connectivity index (χ4n) is 1.13. The maximum atomic E-state index is 12.9. The highest BCUT2D eigenvalue weighted by atomic mass is 35.5. The molecule has 0 aliphatic rings. The molecule has 0 N–H and O–H groups in total. The van der Waals surface area contributed by atoms with Crippen molar-refractivity contribution in [3.63, 3.8) is 0 Å². The van der Waals surface area contributed by atoms with Crippen molar-refractivity contribution in [2.45, 2.75) is 5.88 Å². The van der Waals surface area contributed by atoms with E-state index in [1.165, 1.54) is 18.5 Å². The Balaban J connectivity index is 2.16. The molecular formula is C11H7ClF2N2O. The Hall–Kier alpha value is -1.75. The third-order valence-corrected chi connectivity index (χ3v) is 2.21. The summed E-state index contributed by atoms with van der Waals surface area (Å²) in [6, 6.07) is 3.22. The van der Waals surface area contributed by atoms with E-state index in [1.54, 1.807) is 0 Å². The number of aromatic nitrogens is 2. The Bertz CT molecular complexity index is 519. The number of alkyl halides is 1. The first-order chi connectivity index (χ1) is 8.19. The number of hydrogen-bond donors (Lipinski definition) is 0. The van der Waals surface area contributed by atoms with E-state index in [-0.39, 0.29) is 17.5 Å². The standard InChI is InChI=1S/C11H7ClF2N2O/c12-4-7-5-16-11(6-15-7)17-8-1-2-9(13)10(14)3-8/h1-3,5-6H,4H2. The van der Waals surface area contributed by atoms with Crippen molar-refractivity contribution in [3.05, 3.63) is 47.9 Å². The number of rotatable bonds is 3. The van der Waals surface area contributed by atoms with E-state index in [4.69, 9.17) is 16.3 Å². The lowest BCUT2D eigenvalue weighted by molar-refractivity contribution is 0.445. The Morgan fingerprint density at radius 3 is 2.53 bits per heavy atom. The maximum absolute atomic E-state index is 12.9. The Kier molecular flexibility index (Phi) is 3.49. The molecular weight excluding hydrogens is 250 g/mol. The maximum Gasteiger partial charge on any atom is 0.237 e. The van der Waals surface area contributed by atoms with Gasteiger partial charge in [0.15, 0.2) is 11.6 Å². The molecule has 0 amide bonds. The van der Waals surface area contributed by atoms with Gasteiger partial charge in [0.05, 0.1) is 24.0 Å². The number of ether oxygens (including phenoxy) is 1. The van der Waals surface area contributed by atoms with Crippen LogP contribution in [0.4, 0.5) is 8.78 Å². The largest absolute Gasteiger partial charge is 0.437 e. The lowest BCUT2D eigenvalue weighted by atomic mass is 10.3. The normalized spacial score (nSPS) is 10.3. The minimum absolute atomic E-state index is 0.150. The predicted octanol–water partition coefficient (Wildman–Crippen LogP) is 3.29. The molecule has 0 saturated heterocycles. The second-order valence-corrected chi connectivity index (χ2v) is 3.42. The van der Waals surface area contributed by atoms with Gasteiger partial charge in [0.1, 0.15) is 5.75 Å². The summed E-state index contributed by atoms with van der Waals surface area (Å²) in [4.78, 5) is 7.86. The molecule has 0 atom stereocenters. The molecule has 0 aliphatic carbocycles. The summed E-state index contributed by atoms with van der Waals surface area (Å²) < 4.78 is 30.7. The highest BCUT2D eigenvalue weighted by Gasteiger charge is 2.05. The first-order valence-electron chi connectivity index (χ1n) is 4.69. The fraction of sp³-hybridized carbons (Fsp3) is 0.0909. The SMILES string of the molecule is Fc1ccc(Oc2cnc(CCl)cn2)cc1F. The summed E-state index contributed by atoms with van der Waals surface area (Å²) in [6.45, 7) is 0. The second kappa shape index (κ2) is 5.05. The van der Waals surface area contributed by atoms with Gasteiger partial charge in [-0.25, -0.2) is 13.8 Å². The molecule has 1 aromatic heterocycles. The van der Waals surface area contributed by atoms with E-state index < -0.39 is 11.6 Å². The van der Waals surface area contributed by atoms with Crippen molar-refractivity contribution in [1.82, 2.24) is 9.97 Å². The lowest BCUT2D eigenvalue weighted by Gasteiger charge is -2.04. The van der Waals surface area contributed by atoms with Gasteiger partial charge in [-0.3, -0.25) is 4.98 Å². The van der Waals surface area contributed by atoms with Crippen LogP contribution in [0.3, 0.4) is 0 Å². The minimum Gasteiger partial charge on any atom is -0.437 e. The predicted molar refractivity (Wildman–Crippen MR) is 58.0 cm³/mol. The molecule has 2 aromatic rings. The molecule has 1 heterocycles. The van der Waals surface area contributed by atoms with Crippen molar-refractivity contribution in [1.29, 1.82) is 0 Å². The quantitative estimate of drug-likeness (QED) is 0.791. The lowest BCUT2D eigenvalue weighted by Crippen LogP contribution is -1.93. The smallest absolute Gasteiger partial charge is 0.237 e. The first kappa shape index (κ1) is 11.7. The van der Waals surface area contributed by atoms with E-state index in [0.717, 1.165) is 12.1 Å². The van der Waals surface area contributed by atoms with Gasteiger partial charge >= 0.3 is 0 Å². The van der Waals surface area contributed by atoms with Crippen LogP contribution in [0.25, 0.3) is 0 Å². The molecule has 6 heteroatoms. The number of hydrogen-bond acceptors (Lipinski definition) is 3. The van der Waals surface area contributed by atoms with Crippen molar-refractivity contribution >= 4 is 11.6 Å². The van der Waals surface area contributed by atoms with Crippen LogP contribution in [-0.4, -0.2) is 9.97 Å². The van der Waals surface area contributed by atoms with Crippen LogP contribution in [0.15, 0.2) is 30.6 Å². The molecule has 0 bridgehead atoms. The molecule has 0 radical (unpaired) electrons. The third-order valence-electron chi connectivity index (χ3n) is 1.93. The summed E-state index contributed by atoms with van der Waals surface area (Å²) in [7, 11) is 0. The zero-order valence-corrected chi connectivity index (χ0v) is 9.29. The highest BCUT2D eigenvalue weighted by molar-refractivity contribution is 6.16. The van der Waals surface area contributed by atoms with E-state index in [9.17, 15) is 8.78 Å². The third kappa shape index (κ3) is 2.88. The molecule has 3 nitrogen and oxygen atoms in total. The fourth-order valence-corrected chi connectivity index (χ4v) is 1.26. The van der Waals surface area contributed by atoms with E-state index in [2.05, 4.69) is 9.97 Å². The van der Waals surface area contributed by atoms with E-state index >= 15 is 0 Å². The molecule has 88 valence electrons. The van der Waals surface area contributed by atoms with Crippen LogP contribution in [0.5, 0.6) is 11.6 Å². The number of benzene rings is 1. The summed E-state index contributed by atoms with van der Waals surface area (Å²) >= 11 is 5.54. The Labute approximate surface area is 101 Å². The summed E-state index contributed by atoms with van der Waals surface area (Å²) in [6.07, 6.45) is 2.81. The topological polar surface area (TPSA) is 35.0 Å². The Morgan fingerprint density at radius 1 is 1.12 bits per heavy atom. The van der Waals surface area contributed by atoms with Crippen LogP contribution in [0.2, 0.25) is 0 Å². The van der Waals surface area contributed by atoms with Crippen LogP contribution in [0.1, 0.15) is 5.69 Å². The summed E-state index contributed by atoms with van der Waals surface area (Å²) in [5.41, 5.74) is 0.601. The van der Waals surface area contributed by atoms with Gasteiger partial charge < -0.3 is 4.74 Å². The molecule has 0 fully saturated rings. The van der Waals surface area contributed by atoms with Crippen LogP contribution in [-0.2, 0) is 5.88 Å². The first-order valence-corrected chi connectivity index (χ1v) is 5.22. The molecule has 0 saturated carbocycles. The average Bonchev–Trinajstić information content (AvgIpc) is 2.35. The van der Waals surface area contributed by atoms with Crippen LogP contribution < -0.4 is 4.74 Å². The zero-order valence-electron chi connectivity index (χ0n) is 8.53. The molecule has 0 aliphatic heterocycles. The highest BCUT2D eigenvalue weighted by Crippen LogP contribution is 2.20. The molecule has 1 aromatic carbocycles. The monoisotopic (exact) mass is 256 g/mol. The second-order valence-electron chi connectivity index (χ2n) is 3.16. The van der Waals surface area contributed by atoms with Gasteiger partial charge in [-0.05, 0) is 12.1 Å². The molecule has 17 heavy (non-hydrogen) atoms. The minimum atomic E-state index is -0.979. The van der Waals surface area contributed by atoms with E-state index in [1.807, 2.05) is 0 Å². The Morgan fingerprint density at radius 2 is 1.94 bits per heavy atom. The van der Waals surface area contributed by atoms with Gasteiger partial charge in [0.2, 0.25) is 5.88 Å². The molecule has 0 unspecified atom stereocenters.